The molecule has 2 saturated heterocycles. The molecular weight excluding hydrogens is 268 g/mol. The summed E-state index contributed by atoms with van der Waals surface area (Å²) < 4.78 is 0. The zero-order chi connectivity index (χ0) is 14.9. The first kappa shape index (κ1) is 14.0. The quantitative estimate of drug-likeness (QED) is 0.809. The third-order valence-corrected chi connectivity index (χ3v) is 4.29. The summed E-state index contributed by atoms with van der Waals surface area (Å²) in [6.07, 6.45) is 3.77. The summed E-state index contributed by atoms with van der Waals surface area (Å²) in [5.41, 5.74) is -0.479. The molecule has 3 heterocycles. The van der Waals surface area contributed by atoms with Crippen molar-refractivity contribution in [3.8, 4) is 0 Å². The monoisotopic (exact) mass is 288 g/mol. The fraction of sp³-hybridized carbons (Fsp3) is 0.533. The van der Waals surface area contributed by atoms with E-state index in [9.17, 15) is 9.59 Å². The molecule has 112 valence electrons. The highest BCUT2D eigenvalue weighted by atomic mass is 16.2. The van der Waals surface area contributed by atoms with Crippen LogP contribution in [-0.4, -0.2) is 41.5 Å². The molecule has 2 unspecified atom stereocenters. The second-order valence-electron chi connectivity index (χ2n) is 5.90. The molecule has 0 radical (unpaired) electrons. The first-order valence-electron chi connectivity index (χ1n) is 7.37. The van der Waals surface area contributed by atoms with Crippen LogP contribution >= 0.6 is 0 Å². The first-order valence-corrected chi connectivity index (χ1v) is 7.37. The van der Waals surface area contributed by atoms with Crippen LogP contribution in [0.4, 0.5) is 4.79 Å². The Kier molecular flexibility index (Phi) is 3.63. The minimum Gasteiger partial charge on any atom is -0.318 e. The number of pyridine rings is 1. The van der Waals surface area contributed by atoms with E-state index in [1.54, 1.807) is 25.3 Å². The summed E-state index contributed by atoms with van der Waals surface area (Å²) in [5.74, 6) is 0.122. The zero-order valence-corrected chi connectivity index (χ0v) is 12.1. The molecule has 1 aromatic heterocycles. The van der Waals surface area contributed by atoms with E-state index in [-0.39, 0.29) is 11.9 Å². The van der Waals surface area contributed by atoms with Gasteiger partial charge in [-0.2, -0.15) is 0 Å². The van der Waals surface area contributed by atoms with Gasteiger partial charge >= 0.3 is 6.03 Å². The van der Waals surface area contributed by atoms with Crippen molar-refractivity contribution in [3.05, 3.63) is 30.1 Å². The van der Waals surface area contributed by atoms with E-state index in [1.165, 1.54) is 4.90 Å². The maximum atomic E-state index is 12.7. The predicted molar refractivity (Wildman–Crippen MR) is 77.4 cm³/mol. The fourth-order valence-corrected chi connectivity index (χ4v) is 3.03. The van der Waals surface area contributed by atoms with Crippen LogP contribution in [0.25, 0.3) is 0 Å². The minimum absolute atomic E-state index is 0.211. The Morgan fingerprint density at radius 3 is 2.95 bits per heavy atom. The molecule has 2 atom stereocenters. The molecule has 21 heavy (non-hydrogen) atoms. The van der Waals surface area contributed by atoms with Crippen molar-refractivity contribution < 1.29 is 9.59 Å². The van der Waals surface area contributed by atoms with Gasteiger partial charge in [0.15, 0.2) is 5.54 Å². The summed E-state index contributed by atoms with van der Waals surface area (Å²) in [7, 11) is 0. The van der Waals surface area contributed by atoms with Crippen LogP contribution in [0.3, 0.4) is 0 Å². The number of imide groups is 1. The standard InChI is InChI=1S/C15H20N4O2/c1-15(12-6-2-3-8-17-12)13(20)19(14(21)18-15)10-11-5-4-7-16-9-11/h2-3,6,8,11,16H,4-5,7,9-10H2,1H3,(H,18,21). The van der Waals surface area contributed by atoms with Crippen LogP contribution in [0.5, 0.6) is 0 Å². The average Bonchev–Trinajstić information content (AvgIpc) is 2.74. The number of aromatic nitrogens is 1. The van der Waals surface area contributed by atoms with Gasteiger partial charge in [0, 0.05) is 12.7 Å². The third kappa shape index (κ3) is 2.51. The Morgan fingerprint density at radius 2 is 2.29 bits per heavy atom. The number of nitrogens with zero attached hydrogens (tertiary/aromatic N) is 2. The molecule has 3 rings (SSSR count). The molecule has 2 N–H and O–H groups in total. The van der Waals surface area contributed by atoms with Crippen molar-refractivity contribution in [2.75, 3.05) is 19.6 Å². The van der Waals surface area contributed by atoms with E-state index in [2.05, 4.69) is 15.6 Å². The van der Waals surface area contributed by atoms with Gasteiger partial charge in [0.05, 0.1) is 5.69 Å². The zero-order valence-electron chi connectivity index (χ0n) is 12.1. The van der Waals surface area contributed by atoms with Crippen molar-refractivity contribution in [1.82, 2.24) is 20.5 Å². The number of nitrogens with one attached hydrogen (secondary N) is 2. The summed E-state index contributed by atoms with van der Waals surface area (Å²) >= 11 is 0. The van der Waals surface area contributed by atoms with Crippen LogP contribution in [-0.2, 0) is 10.3 Å². The number of carbonyl (C=O) groups excluding carboxylic acids is 2. The molecule has 2 fully saturated rings. The molecule has 0 bridgehead atoms. The fourth-order valence-electron chi connectivity index (χ4n) is 3.03. The predicted octanol–water partition coefficient (Wildman–Crippen LogP) is 0.848. The number of rotatable bonds is 3. The number of hydrogen-bond acceptors (Lipinski definition) is 4. The summed E-state index contributed by atoms with van der Waals surface area (Å²) in [6, 6.07) is 5.06. The molecule has 3 amide bonds. The smallest absolute Gasteiger partial charge is 0.318 e. The largest absolute Gasteiger partial charge is 0.325 e. The van der Waals surface area contributed by atoms with Gasteiger partial charge in [-0.1, -0.05) is 6.07 Å². The topological polar surface area (TPSA) is 74.3 Å². The first-order chi connectivity index (χ1) is 10.1. The summed E-state index contributed by atoms with van der Waals surface area (Å²) in [6.45, 7) is 4.06. The number of carbonyl (C=O) groups is 2. The van der Waals surface area contributed by atoms with Gasteiger partial charge in [0.1, 0.15) is 0 Å². The maximum absolute atomic E-state index is 12.7. The van der Waals surface area contributed by atoms with Crippen molar-refractivity contribution in [2.45, 2.75) is 25.3 Å². The number of amides is 3. The number of urea groups is 1. The molecule has 0 aliphatic carbocycles. The van der Waals surface area contributed by atoms with E-state index >= 15 is 0 Å². The molecule has 2 aliphatic heterocycles. The van der Waals surface area contributed by atoms with Crippen molar-refractivity contribution in [1.29, 1.82) is 0 Å². The van der Waals surface area contributed by atoms with Gasteiger partial charge in [-0.15, -0.1) is 0 Å². The van der Waals surface area contributed by atoms with Crippen LogP contribution in [0, 0.1) is 5.92 Å². The van der Waals surface area contributed by atoms with E-state index in [0.29, 0.717) is 18.2 Å². The Morgan fingerprint density at radius 1 is 1.43 bits per heavy atom. The lowest BCUT2D eigenvalue weighted by molar-refractivity contribution is -0.131. The van der Waals surface area contributed by atoms with E-state index in [4.69, 9.17) is 0 Å². The molecule has 6 nitrogen and oxygen atoms in total. The lowest BCUT2D eigenvalue weighted by atomic mass is 9.95. The lowest BCUT2D eigenvalue weighted by Gasteiger charge is -2.26. The van der Waals surface area contributed by atoms with Crippen LogP contribution in [0.1, 0.15) is 25.5 Å². The van der Waals surface area contributed by atoms with Gasteiger partial charge in [-0.25, -0.2) is 4.79 Å². The normalized spacial score (nSPS) is 29.6. The van der Waals surface area contributed by atoms with Crippen molar-refractivity contribution in [3.63, 3.8) is 0 Å². The van der Waals surface area contributed by atoms with Gasteiger partial charge < -0.3 is 10.6 Å². The highest BCUT2D eigenvalue weighted by molar-refractivity contribution is 6.07. The second kappa shape index (κ2) is 5.44. The minimum atomic E-state index is -1.06. The second-order valence-corrected chi connectivity index (χ2v) is 5.90. The van der Waals surface area contributed by atoms with E-state index in [1.807, 2.05) is 6.07 Å². The van der Waals surface area contributed by atoms with Crippen LogP contribution in [0.2, 0.25) is 0 Å². The maximum Gasteiger partial charge on any atom is 0.325 e. The number of hydrogen-bond donors (Lipinski definition) is 2. The average molecular weight is 288 g/mol. The SMILES string of the molecule is CC1(c2ccccn2)NC(=O)N(CC2CCCNC2)C1=O. The molecular formula is C15H20N4O2. The van der Waals surface area contributed by atoms with Gasteiger partial charge in [0.2, 0.25) is 0 Å². The van der Waals surface area contributed by atoms with E-state index < -0.39 is 5.54 Å². The van der Waals surface area contributed by atoms with Crippen LogP contribution < -0.4 is 10.6 Å². The van der Waals surface area contributed by atoms with E-state index in [0.717, 1.165) is 25.9 Å². The highest BCUT2D eigenvalue weighted by Gasteiger charge is 2.50. The molecule has 0 spiro atoms. The summed E-state index contributed by atoms with van der Waals surface area (Å²) in [4.78, 5) is 30.5. The Labute approximate surface area is 123 Å². The van der Waals surface area contributed by atoms with Crippen molar-refractivity contribution >= 4 is 11.9 Å². The molecule has 0 saturated carbocycles. The number of piperidine rings is 1. The molecule has 2 aliphatic rings. The Bertz CT molecular complexity index is 542. The molecule has 6 heteroatoms. The molecule has 0 aromatic carbocycles. The molecule has 1 aromatic rings. The van der Waals surface area contributed by atoms with Gasteiger partial charge in [0.25, 0.3) is 5.91 Å². The highest BCUT2D eigenvalue weighted by Crippen LogP contribution is 2.28. The Balaban J connectivity index is 1.78. The Hall–Kier alpha value is -1.95. The summed E-state index contributed by atoms with van der Waals surface area (Å²) in [5, 5.41) is 6.10. The van der Waals surface area contributed by atoms with Crippen LogP contribution in [0.15, 0.2) is 24.4 Å². The lowest BCUT2D eigenvalue weighted by Crippen LogP contribution is -2.43. The third-order valence-electron chi connectivity index (χ3n) is 4.29. The van der Waals surface area contributed by atoms with Gasteiger partial charge in [-0.05, 0) is 50.9 Å². The van der Waals surface area contributed by atoms with Crippen molar-refractivity contribution in [2.24, 2.45) is 5.92 Å². The van der Waals surface area contributed by atoms with Gasteiger partial charge in [-0.3, -0.25) is 14.7 Å².